The van der Waals surface area contributed by atoms with Gasteiger partial charge in [0, 0.05) is 6.42 Å². The molecule has 102 valence electrons. The summed E-state index contributed by atoms with van der Waals surface area (Å²) in [7, 11) is 0. The molecule has 4 heteroatoms. The lowest BCUT2D eigenvalue weighted by Crippen LogP contribution is -2.53. The quantitative estimate of drug-likeness (QED) is 0.884. The highest BCUT2D eigenvalue weighted by atomic mass is 16.5. The van der Waals surface area contributed by atoms with Crippen LogP contribution in [0.3, 0.4) is 0 Å². The molecule has 0 aromatic heterocycles. The van der Waals surface area contributed by atoms with Crippen molar-refractivity contribution in [1.29, 1.82) is 0 Å². The SMILES string of the molecule is CC12CCCC(=O)N1[C@H](CO)C(c1ccccc1)O2. The Labute approximate surface area is 113 Å². The number of nitrogens with zero attached hydrogens (tertiary/aromatic N) is 1. The van der Waals surface area contributed by atoms with Crippen LogP contribution >= 0.6 is 0 Å². The van der Waals surface area contributed by atoms with E-state index < -0.39 is 5.72 Å². The van der Waals surface area contributed by atoms with Crippen LogP contribution in [-0.4, -0.2) is 34.3 Å². The summed E-state index contributed by atoms with van der Waals surface area (Å²) in [5, 5.41) is 9.70. The lowest BCUT2D eigenvalue weighted by Gasteiger charge is -2.39. The summed E-state index contributed by atoms with van der Waals surface area (Å²) in [6, 6.07) is 9.55. The van der Waals surface area contributed by atoms with Gasteiger partial charge < -0.3 is 14.7 Å². The number of aliphatic hydroxyl groups is 1. The summed E-state index contributed by atoms with van der Waals surface area (Å²) in [4.78, 5) is 13.9. The Bertz CT molecular complexity index is 476. The number of aliphatic hydroxyl groups excluding tert-OH is 1. The van der Waals surface area contributed by atoms with Crippen LogP contribution in [0.15, 0.2) is 30.3 Å². The van der Waals surface area contributed by atoms with E-state index in [1.54, 1.807) is 4.90 Å². The lowest BCUT2D eigenvalue weighted by molar-refractivity contribution is -0.159. The standard InChI is InChI=1S/C15H19NO3/c1-15-9-5-8-13(18)16(15)12(10-17)14(19-15)11-6-3-2-4-7-11/h2-4,6-7,12,14,17H,5,8-10H2,1H3/t12-,14?,15?/m1/s1. The third-order valence-corrected chi connectivity index (χ3v) is 4.19. The van der Waals surface area contributed by atoms with Crippen LogP contribution in [0.25, 0.3) is 0 Å². The maximum Gasteiger partial charge on any atom is 0.225 e. The first kappa shape index (κ1) is 12.6. The molecule has 3 rings (SSSR count). The smallest absolute Gasteiger partial charge is 0.225 e. The maximum atomic E-state index is 12.2. The molecule has 2 aliphatic heterocycles. The van der Waals surface area contributed by atoms with E-state index in [9.17, 15) is 9.90 Å². The molecule has 1 amide bonds. The second-order valence-corrected chi connectivity index (χ2v) is 5.49. The van der Waals surface area contributed by atoms with Crippen molar-refractivity contribution in [3.63, 3.8) is 0 Å². The van der Waals surface area contributed by atoms with Gasteiger partial charge in [-0.2, -0.15) is 0 Å². The van der Waals surface area contributed by atoms with Gasteiger partial charge >= 0.3 is 0 Å². The molecule has 0 spiro atoms. The van der Waals surface area contributed by atoms with Gasteiger partial charge in [-0.05, 0) is 25.3 Å². The summed E-state index contributed by atoms with van der Waals surface area (Å²) >= 11 is 0. The van der Waals surface area contributed by atoms with Gasteiger partial charge in [0.25, 0.3) is 0 Å². The monoisotopic (exact) mass is 261 g/mol. The Morgan fingerprint density at radius 1 is 1.42 bits per heavy atom. The van der Waals surface area contributed by atoms with Crippen molar-refractivity contribution in [1.82, 2.24) is 4.90 Å². The predicted octanol–water partition coefficient (Wildman–Crippen LogP) is 1.85. The fourth-order valence-electron chi connectivity index (χ4n) is 3.32. The summed E-state index contributed by atoms with van der Waals surface area (Å²) in [5.74, 6) is 0.0891. The number of rotatable bonds is 2. The first-order valence-electron chi connectivity index (χ1n) is 6.81. The molecule has 1 aromatic carbocycles. The highest BCUT2D eigenvalue weighted by Gasteiger charge is 2.53. The van der Waals surface area contributed by atoms with Crippen molar-refractivity contribution in [2.45, 2.75) is 44.1 Å². The number of piperidine rings is 1. The minimum atomic E-state index is -0.566. The van der Waals surface area contributed by atoms with Crippen molar-refractivity contribution in [3.05, 3.63) is 35.9 Å². The van der Waals surface area contributed by atoms with Crippen LogP contribution in [0.2, 0.25) is 0 Å². The third kappa shape index (κ3) is 1.95. The third-order valence-electron chi connectivity index (χ3n) is 4.19. The van der Waals surface area contributed by atoms with Gasteiger partial charge in [-0.25, -0.2) is 0 Å². The summed E-state index contributed by atoms with van der Waals surface area (Å²) in [5.41, 5.74) is 0.452. The minimum Gasteiger partial charge on any atom is -0.394 e. The minimum absolute atomic E-state index is 0.0686. The normalized spacial score (nSPS) is 34.4. The average Bonchev–Trinajstić information content (AvgIpc) is 2.74. The molecular weight excluding hydrogens is 242 g/mol. The first-order valence-corrected chi connectivity index (χ1v) is 6.81. The van der Waals surface area contributed by atoms with E-state index in [0.29, 0.717) is 6.42 Å². The summed E-state index contributed by atoms with van der Waals surface area (Å²) in [6.07, 6.45) is 2.00. The van der Waals surface area contributed by atoms with Gasteiger partial charge in [-0.3, -0.25) is 4.79 Å². The molecule has 2 heterocycles. The van der Waals surface area contributed by atoms with Gasteiger partial charge in [0.05, 0.1) is 12.6 Å². The van der Waals surface area contributed by atoms with Gasteiger partial charge in [0.15, 0.2) is 0 Å². The molecule has 0 saturated carbocycles. The molecular formula is C15H19NO3. The zero-order valence-electron chi connectivity index (χ0n) is 11.1. The van der Waals surface area contributed by atoms with E-state index >= 15 is 0 Å². The topological polar surface area (TPSA) is 49.8 Å². The van der Waals surface area contributed by atoms with Crippen molar-refractivity contribution < 1.29 is 14.6 Å². The highest BCUT2D eigenvalue weighted by molar-refractivity contribution is 5.78. The summed E-state index contributed by atoms with van der Waals surface area (Å²) < 4.78 is 6.16. The molecule has 1 aromatic rings. The Balaban J connectivity index is 1.97. The number of amides is 1. The largest absolute Gasteiger partial charge is 0.394 e. The molecule has 2 aliphatic rings. The molecule has 2 saturated heterocycles. The average molecular weight is 261 g/mol. The Kier molecular flexibility index (Phi) is 3.07. The van der Waals surface area contributed by atoms with Crippen molar-refractivity contribution in [3.8, 4) is 0 Å². The van der Waals surface area contributed by atoms with Gasteiger partial charge in [-0.15, -0.1) is 0 Å². The van der Waals surface area contributed by atoms with Gasteiger partial charge in [0.1, 0.15) is 11.8 Å². The van der Waals surface area contributed by atoms with E-state index in [1.165, 1.54) is 0 Å². The van der Waals surface area contributed by atoms with Crippen molar-refractivity contribution >= 4 is 5.91 Å². The fourth-order valence-corrected chi connectivity index (χ4v) is 3.32. The molecule has 0 bridgehead atoms. The van der Waals surface area contributed by atoms with E-state index in [1.807, 2.05) is 37.3 Å². The van der Waals surface area contributed by atoms with Crippen LogP contribution in [-0.2, 0) is 9.53 Å². The van der Waals surface area contributed by atoms with Crippen LogP contribution in [0, 0.1) is 0 Å². The number of benzene rings is 1. The first-order chi connectivity index (χ1) is 9.15. The van der Waals surface area contributed by atoms with Gasteiger partial charge in [0.2, 0.25) is 5.91 Å². The number of fused-ring (bicyclic) bond motifs is 1. The van der Waals surface area contributed by atoms with Crippen LogP contribution in [0.5, 0.6) is 0 Å². The Morgan fingerprint density at radius 2 is 2.16 bits per heavy atom. The zero-order chi connectivity index (χ0) is 13.5. The van der Waals surface area contributed by atoms with Crippen molar-refractivity contribution in [2.24, 2.45) is 0 Å². The van der Waals surface area contributed by atoms with Crippen LogP contribution < -0.4 is 0 Å². The van der Waals surface area contributed by atoms with Crippen LogP contribution in [0.1, 0.15) is 37.9 Å². The maximum absolute atomic E-state index is 12.2. The molecule has 2 unspecified atom stereocenters. The summed E-state index contributed by atoms with van der Waals surface area (Å²) in [6.45, 7) is 1.89. The lowest BCUT2D eigenvalue weighted by atomic mass is 9.97. The molecule has 1 N–H and O–H groups in total. The van der Waals surface area contributed by atoms with E-state index in [4.69, 9.17) is 4.74 Å². The van der Waals surface area contributed by atoms with Crippen LogP contribution in [0.4, 0.5) is 0 Å². The molecule has 2 fully saturated rings. The zero-order valence-corrected chi connectivity index (χ0v) is 11.1. The van der Waals surface area contributed by atoms with E-state index in [-0.39, 0.29) is 24.7 Å². The molecule has 0 radical (unpaired) electrons. The van der Waals surface area contributed by atoms with Gasteiger partial charge in [-0.1, -0.05) is 30.3 Å². The molecule has 0 aliphatic carbocycles. The number of carbonyl (C=O) groups is 1. The Morgan fingerprint density at radius 3 is 2.84 bits per heavy atom. The number of ether oxygens (including phenoxy) is 1. The van der Waals surface area contributed by atoms with Crippen molar-refractivity contribution in [2.75, 3.05) is 6.61 Å². The molecule has 4 nitrogen and oxygen atoms in total. The molecule has 3 atom stereocenters. The number of carbonyl (C=O) groups excluding carboxylic acids is 1. The second-order valence-electron chi connectivity index (χ2n) is 5.49. The fraction of sp³-hybridized carbons (Fsp3) is 0.533. The number of hydrogen-bond donors (Lipinski definition) is 1. The van der Waals surface area contributed by atoms with E-state index in [0.717, 1.165) is 18.4 Å². The second kappa shape index (κ2) is 4.62. The number of hydrogen-bond acceptors (Lipinski definition) is 3. The molecule has 19 heavy (non-hydrogen) atoms. The predicted molar refractivity (Wildman–Crippen MR) is 70.2 cm³/mol. The highest BCUT2D eigenvalue weighted by Crippen LogP contribution is 2.45. The Hall–Kier alpha value is -1.39. The van der Waals surface area contributed by atoms with E-state index in [2.05, 4.69) is 0 Å².